The minimum Gasteiger partial charge on any atom is -0.508 e. The zero-order valence-corrected chi connectivity index (χ0v) is 16.3. The molecule has 29 heavy (non-hydrogen) atoms. The SMILES string of the molecule is COc1cc(/C=C/c2ccc(NCc3cc(C#N)ccc3O)cc2)cc(OC)c1. The van der Waals surface area contributed by atoms with Crippen molar-refractivity contribution in [2.24, 2.45) is 0 Å². The molecule has 0 unspecified atom stereocenters. The molecule has 0 fully saturated rings. The van der Waals surface area contributed by atoms with Crippen LogP contribution in [0, 0.1) is 11.3 Å². The fourth-order valence-corrected chi connectivity index (χ4v) is 2.82. The van der Waals surface area contributed by atoms with E-state index in [4.69, 9.17) is 14.7 Å². The Morgan fingerprint density at radius 3 is 2.17 bits per heavy atom. The molecule has 0 spiro atoms. The number of ether oxygens (including phenoxy) is 2. The maximum absolute atomic E-state index is 9.93. The average molecular weight is 386 g/mol. The number of benzene rings is 3. The molecule has 0 aliphatic heterocycles. The standard InChI is InChI=1S/C24H22N2O3/c1-28-22-12-18(13-23(14-22)29-2)4-3-17-5-8-21(9-6-17)26-16-20-11-19(15-25)7-10-24(20)27/h3-14,26-27H,16H2,1-2H3/b4-3+. The van der Waals surface area contributed by atoms with Crippen LogP contribution in [0.5, 0.6) is 17.2 Å². The lowest BCUT2D eigenvalue weighted by Gasteiger charge is -2.09. The Morgan fingerprint density at radius 1 is 0.897 bits per heavy atom. The third-order valence-corrected chi connectivity index (χ3v) is 4.44. The van der Waals surface area contributed by atoms with Gasteiger partial charge in [0.2, 0.25) is 0 Å². The van der Waals surface area contributed by atoms with Crippen molar-refractivity contribution in [1.29, 1.82) is 5.26 Å². The Balaban J connectivity index is 1.66. The van der Waals surface area contributed by atoms with Crippen LogP contribution < -0.4 is 14.8 Å². The van der Waals surface area contributed by atoms with E-state index in [2.05, 4.69) is 11.4 Å². The molecule has 3 aromatic carbocycles. The summed E-state index contributed by atoms with van der Waals surface area (Å²) in [6, 6.07) is 20.6. The summed E-state index contributed by atoms with van der Waals surface area (Å²) < 4.78 is 10.6. The predicted molar refractivity (Wildman–Crippen MR) is 115 cm³/mol. The Kier molecular flexibility index (Phi) is 6.39. The van der Waals surface area contributed by atoms with E-state index in [1.54, 1.807) is 26.4 Å². The number of phenolic OH excluding ortho intramolecular Hbond substituents is 1. The van der Waals surface area contributed by atoms with Crippen LogP contribution in [0.2, 0.25) is 0 Å². The van der Waals surface area contributed by atoms with Gasteiger partial charge in [0.1, 0.15) is 17.2 Å². The first kappa shape index (κ1) is 19.8. The van der Waals surface area contributed by atoms with Crippen LogP contribution in [0.25, 0.3) is 12.2 Å². The zero-order chi connectivity index (χ0) is 20.6. The number of hydrogen-bond donors (Lipinski definition) is 2. The number of aromatic hydroxyl groups is 1. The molecule has 0 aromatic heterocycles. The van der Waals surface area contributed by atoms with E-state index in [0.717, 1.165) is 28.3 Å². The quantitative estimate of drug-likeness (QED) is 0.555. The van der Waals surface area contributed by atoms with Gasteiger partial charge in [0.25, 0.3) is 0 Å². The van der Waals surface area contributed by atoms with Crippen molar-refractivity contribution in [2.45, 2.75) is 6.54 Å². The average Bonchev–Trinajstić information content (AvgIpc) is 2.77. The number of nitriles is 1. The summed E-state index contributed by atoms with van der Waals surface area (Å²) in [6.45, 7) is 0.431. The molecular weight excluding hydrogens is 364 g/mol. The number of methoxy groups -OCH3 is 2. The summed E-state index contributed by atoms with van der Waals surface area (Å²) in [7, 11) is 3.26. The first-order chi connectivity index (χ1) is 14.1. The van der Waals surface area contributed by atoms with Crippen LogP contribution in [0.3, 0.4) is 0 Å². The van der Waals surface area contributed by atoms with E-state index >= 15 is 0 Å². The molecule has 3 rings (SSSR count). The maximum atomic E-state index is 9.93. The Bertz CT molecular complexity index is 1030. The second kappa shape index (κ2) is 9.34. The monoisotopic (exact) mass is 386 g/mol. The number of nitrogens with one attached hydrogen (secondary N) is 1. The molecule has 2 N–H and O–H groups in total. The molecule has 0 atom stereocenters. The van der Waals surface area contributed by atoms with E-state index < -0.39 is 0 Å². The van der Waals surface area contributed by atoms with Gasteiger partial charge in [-0.25, -0.2) is 0 Å². The first-order valence-electron chi connectivity index (χ1n) is 9.08. The number of hydrogen-bond acceptors (Lipinski definition) is 5. The van der Waals surface area contributed by atoms with E-state index in [0.29, 0.717) is 17.7 Å². The fraction of sp³-hybridized carbons (Fsp3) is 0.125. The van der Waals surface area contributed by atoms with Gasteiger partial charge in [-0.1, -0.05) is 24.3 Å². The molecule has 0 amide bonds. The molecular formula is C24H22N2O3. The molecule has 0 saturated heterocycles. The summed E-state index contributed by atoms with van der Waals surface area (Å²) in [4.78, 5) is 0. The van der Waals surface area contributed by atoms with Gasteiger partial charge in [-0.3, -0.25) is 0 Å². The second-order valence-electron chi connectivity index (χ2n) is 6.41. The molecule has 0 heterocycles. The van der Waals surface area contributed by atoms with E-state index in [9.17, 15) is 5.11 Å². The third kappa shape index (κ3) is 5.30. The lowest BCUT2D eigenvalue weighted by Crippen LogP contribution is -2.00. The number of rotatable bonds is 7. The molecule has 5 nitrogen and oxygen atoms in total. The van der Waals surface area contributed by atoms with Gasteiger partial charge < -0.3 is 19.9 Å². The highest BCUT2D eigenvalue weighted by Gasteiger charge is 2.03. The Labute approximate surface area is 170 Å². The molecule has 5 heteroatoms. The molecule has 0 aliphatic carbocycles. The van der Waals surface area contributed by atoms with E-state index in [1.165, 1.54) is 6.07 Å². The van der Waals surface area contributed by atoms with Crippen LogP contribution in [0.15, 0.2) is 60.7 Å². The van der Waals surface area contributed by atoms with Crippen molar-refractivity contribution in [3.63, 3.8) is 0 Å². The van der Waals surface area contributed by atoms with E-state index in [-0.39, 0.29) is 5.75 Å². The van der Waals surface area contributed by atoms with Crippen LogP contribution in [-0.2, 0) is 6.54 Å². The summed E-state index contributed by atoms with van der Waals surface area (Å²) in [5.41, 5.74) is 4.16. The lowest BCUT2D eigenvalue weighted by atomic mass is 10.1. The number of nitrogens with zero attached hydrogens (tertiary/aromatic N) is 1. The largest absolute Gasteiger partial charge is 0.508 e. The second-order valence-corrected chi connectivity index (χ2v) is 6.41. The van der Waals surface area contributed by atoms with Crippen LogP contribution in [0.4, 0.5) is 5.69 Å². The smallest absolute Gasteiger partial charge is 0.123 e. The third-order valence-electron chi connectivity index (χ3n) is 4.44. The topological polar surface area (TPSA) is 74.5 Å². The minimum atomic E-state index is 0.171. The number of phenols is 1. The molecule has 3 aromatic rings. The zero-order valence-electron chi connectivity index (χ0n) is 16.3. The maximum Gasteiger partial charge on any atom is 0.123 e. The minimum absolute atomic E-state index is 0.171. The Morgan fingerprint density at radius 2 is 1.55 bits per heavy atom. The van der Waals surface area contributed by atoms with Crippen molar-refractivity contribution >= 4 is 17.8 Å². The summed E-state index contributed by atoms with van der Waals surface area (Å²) in [5.74, 6) is 1.66. The molecule has 0 aliphatic rings. The highest BCUT2D eigenvalue weighted by molar-refractivity contribution is 5.71. The van der Waals surface area contributed by atoms with Crippen molar-refractivity contribution in [2.75, 3.05) is 19.5 Å². The van der Waals surface area contributed by atoms with Crippen molar-refractivity contribution in [3.8, 4) is 23.3 Å². The Hall–Kier alpha value is -3.91. The molecule has 0 saturated carbocycles. The van der Waals surface area contributed by atoms with Crippen LogP contribution in [0.1, 0.15) is 22.3 Å². The van der Waals surface area contributed by atoms with Crippen molar-refractivity contribution < 1.29 is 14.6 Å². The van der Waals surface area contributed by atoms with Crippen molar-refractivity contribution in [1.82, 2.24) is 0 Å². The fourth-order valence-electron chi connectivity index (χ4n) is 2.82. The molecule has 0 bridgehead atoms. The van der Waals surface area contributed by atoms with Gasteiger partial charge in [0.15, 0.2) is 0 Å². The normalized spacial score (nSPS) is 10.5. The van der Waals surface area contributed by atoms with Gasteiger partial charge in [-0.05, 0) is 53.6 Å². The van der Waals surface area contributed by atoms with Gasteiger partial charge >= 0.3 is 0 Å². The highest BCUT2D eigenvalue weighted by atomic mass is 16.5. The summed E-state index contributed by atoms with van der Waals surface area (Å²) in [5, 5.41) is 22.2. The van der Waals surface area contributed by atoms with Gasteiger partial charge in [0.05, 0.1) is 25.9 Å². The highest BCUT2D eigenvalue weighted by Crippen LogP contribution is 2.24. The lowest BCUT2D eigenvalue weighted by molar-refractivity contribution is 0.394. The predicted octanol–water partition coefficient (Wildman–Crippen LogP) is 5.06. The van der Waals surface area contributed by atoms with Crippen LogP contribution >= 0.6 is 0 Å². The van der Waals surface area contributed by atoms with Crippen LogP contribution in [-0.4, -0.2) is 19.3 Å². The van der Waals surface area contributed by atoms with Crippen molar-refractivity contribution in [3.05, 3.63) is 82.9 Å². The number of anilines is 1. The summed E-state index contributed by atoms with van der Waals surface area (Å²) in [6.07, 6.45) is 4.01. The summed E-state index contributed by atoms with van der Waals surface area (Å²) >= 11 is 0. The van der Waals surface area contributed by atoms with Gasteiger partial charge in [-0.15, -0.1) is 0 Å². The van der Waals surface area contributed by atoms with Gasteiger partial charge in [0, 0.05) is 23.9 Å². The van der Waals surface area contributed by atoms with E-state index in [1.807, 2.05) is 54.6 Å². The molecule has 0 radical (unpaired) electrons. The molecule has 146 valence electrons. The van der Waals surface area contributed by atoms with Gasteiger partial charge in [-0.2, -0.15) is 5.26 Å². The first-order valence-corrected chi connectivity index (χ1v) is 9.08.